The van der Waals surface area contributed by atoms with Gasteiger partial charge in [0.2, 0.25) is 5.91 Å². The van der Waals surface area contributed by atoms with Gasteiger partial charge >= 0.3 is 6.03 Å². The largest absolute Gasteiger partial charge is 0.366 e. The van der Waals surface area contributed by atoms with Crippen LogP contribution < -0.4 is 5.32 Å². The molecular weight excluding hydrogens is 351 g/mol. The molecule has 0 bridgehead atoms. The summed E-state index contributed by atoms with van der Waals surface area (Å²) in [6.45, 7) is 2.73. The molecule has 3 aliphatic rings. The van der Waals surface area contributed by atoms with Crippen LogP contribution in [0.1, 0.15) is 25.0 Å². The molecule has 0 aromatic carbocycles. The van der Waals surface area contributed by atoms with E-state index in [9.17, 15) is 14.0 Å². The van der Waals surface area contributed by atoms with Gasteiger partial charge in [0.15, 0.2) is 0 Å². The average Bonchev–Trinajstić information content (AvgIpc) is 2.69. The van der Waals surface area contributed by atoms with Crippen molar-refractivity contribution < 1.29 is 18.7 Å². The highest BCUT2D eigenvalue weighted by Gasteiger charge is 2.37. The second-order valence-corrected chi connectivity index (χ2v) is 7.64. The Labute approximate surface area is 157 Å². The summed E-state index contributed by atoms with van der Waals surface area (Å²) in [5, 5.41) is 2.93. The molecule has 146 valence electrons. The number of pyridine rings is 1. The standard InChI is InChI=1S/C19H25FN4O3/c20-14-1-2-15(21-10-14)9-13-3-6-23(7-4-13)19(26)24-8-5-17-16(11-24)22-18(25)12-27-17/h1-2,10,13,16-17H,3-9,11-12H2,(H,22,25)/t16-,17+/m1/s1. The molecule has 3 aliphatic heterocycles. The number of hydrogen-bond acceptors (Lipinski definition) is 4. The minimum Gasteiger partial charge on any atom is -0.366 e. The number of fused-ring (bicyclic) bond motifs is 1. The summed E-state index contributed by atoms with van der Waals surface area (Å²) in [5.41, 5.74) is 0.899. The van der Waals surface area contributed by atoms with Crippen LogP contribution in [0.2, 0.25) is 0 Å². The molecule has 3 fully saturated rings. The monoisotopic (exact) mass is 376 g/mol. The number of nitrogens with one attached hydrogen (secondary N) is 1. The molecule has 4 heterocycles. The summed E-state index contributed by atoms with van der Waals surface area (Å²) >= 11 is 0. The van der Waals surface area contributed by atoms with E-state index in [0.29, 0.717) is 19.0 Å². The van der Waals surface area contributed by atoms with Crippen LogP contribution >= 0.6 is 0 Å². The average molecular weight is 376 g/mol. The minimum atomic E-state index is -0.317. The third-order valence-electron chi connectivity index (χ3n) is 5.77. The maximum absolute atomic E-state index is 13.0. The molecule has 3 amide bonds. The lowest BCUT2D eigenvalue weighted by Crippen LogP contribution is -2.62. The summed E-state index contributed by atoms with van der Waals surface area (Å²) in [6, 6.07) is 3.12. The first kappa shape index (κ1) is 18.2. The molecule has 3 saturated heterocycles. The van der Waals surface area contributed by atoms with E-state index in [0.717, 1.165) is 44.5 Å². The van der Waals surface area contributed by atoms with Crippen LogP contribution in [-0.4, -0.2) is 71.7 Å². The first-order chi connectivity index (χ1) is 13.1. The summed E-state index contributed by atoms with van der Waals surface area (Å²) in [7, 11) is 0. The van der Waals surface area contributed by atoms with Gasteiger partial charge < -0.3 is 19.9 Å². The Bertz CT molecular complexity index is 691. The number of amides is 3. The number of urea groups is 1. The Hall–Kier alpha value is -2.22. The maximum atomic E-state index is 13.0. The number of morpholine rings is 1. The molecule has 1 N–H and O–H groups in total. The van der Waals surface area contributed by atoms with Crippen LogP contribution in [0.15, 0.2) is 18.3 Å². The summed E-state index contributed by atoms with van der Waals surface area (Å²) in [5.74, 6) is 0.0343. The van der Waals surface area contributed by atoms with Gasteiger partial charge in [-0.15, -0.1) is 0 Å². The smallest absolute Gasteiger partial charge is 0.320 e. The summed E-state index contributed by atoms with van der Waals surface area (Å²) in [4.78, 5) is 32.2. The molecule has 0 unspecified atom stereocenters. The number of nitrogens with zero attached hydrogens (tertiary/aromatic N) is 3. The number of hydrogen-bond donors (Lipinski definition) is 1. The molecule has 0 saturated carbocycles. The van der Waals surface area contributed by atoms with Crippen molar-refractivity contribution in [3.63, 3.8) is 0 Å². The Morgan fingerprint density at radius 1 is 1.22 bits per heavy atom. The van der Waals surface area contributed by atoms with Crippen LogP contribution in [0.4, 0.5) is 9.18 Å². The summed E-state index contributed by atoms with van der Waals surface area (Å²) in [6.07, 6.45) is 4.68. The number of piperidine rings is 2. The van der Waals surface area contributed by atoms with Gasteiger partial charge in [0.05, 0.1) is 18.3 Å². The highest BCUT2D eigenvalue weighted by atomic mass is 19.1. The lowest BCUT2D eigenvalue weighted by molar-refractivity contribution is -0.139. The third-order valence-corrected chi connectivity index (χ3v) is 5.77. The molecule has 27 heavy (non-hydrogen) atoms. The van der Waals surface area contributed by atoms with Gasteiger partial charge in [0.25, 0.3) is 0 Å². The minimum absolute atomic E-state index is 0.0145. The van der Waals surface area contributed by atoms with Gasteiger partial charge in [-0.1, -0.05) is 0 Å². The molecule has 4 rings (SSSR count). The summed E-state index contributed by atoms with van der Waals surface area (Å²) < 4.78 is 18.5. The number of halogens is 1. The molecule has 2 atom stereocenters. The van der Waals surface area contributed by atoms with E-state index in [2.05, 4.69) is 10.3 Å². The van der Waals surface area contributed by atoms with Gasteiger partial charge in [-0.25, -0.2) is 9.18 Å². The van der Waals surface area contributed by atoms with Crippen LogP contribution in [0, 0.1) is 11.7 Å². The van der Waals surface area contributed by atoms with E-state index in [-0.39, 0.29) is 36.5 Å². The Morgan fingerprint density at radius 2 is 2.00 bits per heavy atom. The first-order valence-electron chi connectivity index (χ1n) is 9.64. The molecule has 7 nitrogen and oxygen atoms in total. The number of rotatable bonds is 2. The van der Waals surface area contributed by atoms with Crippen LogP contribution in [0.25, 0.3) is 0 Å². The fraction of sp³-hybridized carbons (Fsp3) is 0.632. The zero-order chi connectivity index (χ0) is 18.8. The molecular formula is C19H25FN4O3. The quantitative estimate of drug-likeness (QED) is 0.841. The Balaban J connectivity index is 1.27. The van der Waals surface area contributed by atoms with Gasteiger partial charge in [0, 0.05) is 31.9 Å². The van der Waals surface area contributed by atoms with E-state index in [4.69, 9.17) is 4.74 Å². The number of aromatic nitrogens is 1. The van der Waals surface area contributed by atoms with Crippen molar-refractivity contribution in [2.24, 2.45) is 5.92 Å². The predicted molar refractivity (Wildman–Crippen MR) is 95.5 cm³/mol. The second-order valence-electron chi connectivity index (χ2n) is 7.64. The Kier molecular flexibility index (Phi) is 5.24. The van der Waals surface area contributed by atoms with E-state index in [1.54, 1.807) is 6.07 Å². The van der Waals surface area contributed by atoms with E-state index in [1.165, 1.54) is 12.3 Å². The lowest BCUT2D eigenvalue weighted by atomic mass is 9.92. The van der Waals surface area contributed by atoms with Gasteiger partial charge in [-0.3, -0.25) is 9.78 Å². The SMILES string of the molecule is O=C1CO[C@H]2CCN(C(=O)N3CCC(Cc4ccc(F)cn4)CC3)C[C@H]2N1. The molecule has 0 spiro atoms. The molecule has 1 aromatic rings. The van der Waals surface area contributed by atoms with E-state index < -0.39 is 0 Å². The van der Waals surface area contributed by atoms with E-state index >= 15 is 0 Å². The van der Waals surface area contributed by atoms with Crippen molar-refractivity contribution in [1.82, 2.24) is 20.1 Å². The zero-order valence-corrected chi connectivity index (χ0v) is 15.3. The van der Waals surface area contributed by atoms with Crippen LogP contribution in [-0.2, 0) is 16.0 Å². The topological polar surface area (TPSA) is 74.8 Å². The van der Waals surface area contributed by atoms with Crippen molar-refractivity contribution in [2.75, 3.05) is 32.8 Å². The molecule has 0 aliphatic carbocycles. The molecule has 8 heteroatoms. The lowest BCUT2D eigenvalue weighted by Gasteiger charge is -2.43. The predicted octanol–water partition coefficient (Wildman–Crippen LogP) is 1.18. The highest BCUT2D eigenvalue weighted by molar-refractivity contribution is 5.79. The van der Waals surface area contributed by atoms with Crippen molar-refractivity contribution in [3.8, 4) is 0 Å². The normalized spacial score (nSPS) is 26.5. The van der Waals surface area contributed by atoms with Crippen molar-refractivity contribution in [2.45, 2.75) is 37.8 Å². The fourth-order valence-corrected chi connectivity index (χ4v) is 4.22. The number of carbonyl (C=O) groups excluding carboxylic acids is 2. The van der Waals surface area contributed by atoms with Crippen LogP contribution in [0.5, 0.6) is 0 Å². The third kappa shape index (κ3) is 4.21. The first-order valence-corrected chi connectivity index (χ1v) is 9.64. The van der Waals surface area contributed by atoms with E-state index in [1.807, 2.05) is 9.80 Å². The highest BCUT2D eigenvalue weighted by Crippen LogP contribution is 2.24. The van der Waals surface area contributed by atoms with Crippen molar-refractivity contribution >= 4 is 11.9 Å². The maximum Gasteiger partial charge on any atom is 0.320 e. The second kappa shape index (κ2) is 7.80. The zero-order valence-electron chi connectivity index (χ0n) is 15.3. The van der Waals surface area contributed by atoms with Gasteiger partial charge in [0.1, 0.15) is 12.4 Å². The van der Waals surface area contributed by atoms with Crippen molar-refractivity contribution in [3.05, 3.63) is 29.8 Å². The van der Waals surface area contributed by atoms with Gasteiger partial charge in [-0.05, 0) is 43.7 Å². The fourth-order valence-electron chi connectivity index (χ4n) is 4.22. The number of ether oxygens (including phenoxy) is 1. The molecule has 1 aromatic heterocycles. The van der Waals surface area contributed by atoms with Crippen molar-refractivity contribution in [1.29, 1.82) is 0 Å². The number of carbonyl (C=O) groups is 2. The molecule has 0 radical (unpaired) electrons. The number of likely N-dealkylation sites (tertiary alicyclic amines) is 2. The van der Waals surface area contributed by atoms with Crippen LogP contribution in [0.3, 0.4) is 0 Å². The Morgan fingerprint density at radius 3 is 2.74 bits per heavy atom. The van der Waals surface area contributed by atoms with Gasteiger partial charge in [-0.2, -0.15) is 0 Å².